The summed E-state index contributed by atoms with van der Waals surface area (Å²) in [6.07, 6.45) is 3.71. The number of benzene rings is 1. The van der Waals surface area contributed by atoms with Gasteiger partial charge in [-0.25, -0.2) is 0 Å². The van der Waals surface area contributed by atoms with Crippen molar-refractivity contribution in [3.8, 4) is 5.75 Å². The largest absolute Gasteiger partial charge is 0.478 e. The van der Waals surface area contributed by atoms with E-state index in [2.05, 4.69) is 0 Å². The smallest absolute Gasteiger partial charge is 0.247 e. The molecule has 0 spiro atoms. The first-order chi connectivity index (χ1) is 7.58. The molecule has 2 atom stereocenters. The molecule has 1 fully saturated rings. The van der Waals surface area contributed by atoms with Crippen molar-refractivity contribution >= 4 is 12.6 Å². The zero-order valence-electron chi connectivity index (χ0n) is 9.19. The summed E-state index contributed by atoms with van der Waals surface area (Å²) in [7, 11) is 0. The van der Waals surface area contributed by atoms with E-state index in [4.69, 9.17) is 4.74 Å². The third-order valence-corrected chi connectivity index (χ3v) is 3.29. The zero-order chi connectivity index (χ0) is 11.8. The molecule has 3 nitrogen and oxygen atoms in total. The van der Waals surface area contributed by atoms with Crippen LogP contribution in [0.2, 0.25) is 0 Å². The van der Waals surface area contributed by atoms with Crippen LogP contribution in [0.1, 0.15) is 13.8 Å². The van der Waals surface area contributed by atoms with Crippen molar-refractivity contribution in [1.29, 1.82) is 0 Å². The number of carbonyl (C=O) groups excluding carboxylic acids is 2. The van der Waals surface area contributed by atoms with E-state index in [0.29, 0.717) is 5.75 Å². The van der Waals surface area contributed by atoms with Gasteiger partial charge in [-0.05, 0) is 12.1 Å². The van der Waals surface area contributed by atoms with E-state index in [9.17, 15) is 9.59 Å². The Morgan fingerprint density at radius 2 is 1.81 bits per heavy atom. The number of hydrogen-bond donors (Lipinski definition) is 0. The minimum atomic E-state index is -1.17. The molecule has 1 aliphatic carbocycles. The van der Waals surface area contributed by atoms with Crippen molar-refractivity contribution in [2.45, 2.75) is 19.4 Å². The van der Waals surface area contributed by atoms with Crippen molar-refractivity contribution < 1.29 is 14.3 Å². The minimum absolute atomic E-state index is 0.535. The Bertz CT molecular complexity index is 410. The maximum Gasteiger partial charge on any atom is 0.247 e. The predicted octanol–water partition coefficient (Wildman–Crippen LogP) is 1.68. The second kappa shape index (κ2) is 3.44. The van der Waals surface area contributed by atoms with Gasteiger partial charge in [0.2, 0.25) is 12.6 Å². The molecule has 2 radical (unpaired) electrons. The molecule has 0 heterocycles. The monoisotopic (exact) mass is 216 g/mol. The van der Waals surface area contributed by atoms with Gasteiger partial charge in [0.25, 0.3) is 0 Å². The van der Waals surface area contributed by atoms with E-state index in [1.54, 1.807) is 26.0 Å². The van der Waals surface area contributed by atoms with Crippen molar-refractivity contribution in [1.82, 2.24) is 0 Å². The normalized spacial score (nSPS) is 30.5. The maximum atomic E-state index is 11.0. The molecular weight excluding hydrogens is 204 g/mol. The van der Waals surface area contributed by atoms with Crippen LogP contribution >= 0.6 is 0 Å². The summed E-state index contributed by atoms with van der Waals surface area (Å²) in [6, 6.07) is 8.96. The van der Waals surface area contributed by atoms with Crippen molar-refractivity contribution in [3.05, 3.63) is 30.3 Å². The van der Waals surface area contributed by atoms with Gasteiger partial charge in [-0.15, -0.1) is 0 Å². The SMILES string of the molecule is CC1(C)C([C]=O)C1([C]=O)Oc1ccccc1. The van der Waals surface area contributed by atoms with Crippen LogP contribution in [0, 0.1) is 11.3 Å². The maximum absolute atomic E-state index is 11.0. The average Bonchev–Trinajstić information content (AvgIpc) is 2.75. The van der Waals surface area contributed by atoms with Crippen LogP contribution in [-0.2, 0) is 9.59 Å². The van der Waals surface area contributed by atoms with E-state index in [1.807, 2.05) is 30.8 Å². The highest BCUT2D eigenvalue weighted by Gasteiger charge is 2.76. The van der Waals surface area contributed by atoms with Gasteiger partial charge in [-0.2, -0.15) is 0 Å². The third kappa shape index (κ3) is 1.28. The van der Waals surface area contributed by atoms with Crippen LogP contribution < -0.4 is 4.74 Å². The number of rotatable bonds is 4. The summed E-state index contributed by atoms with van der Waals surface area (Å²) >= 11 is 0. The molecule has 1 aromatic rings. The molecule has 0 bridgehead atoms. The number of hydrogen-bond acceptors (Lipinski definition) is 3. The summed E-state index contributed by atoms with van der Waals surface area (Å²) in [4.78, 5) is 21.8. The Kier molecular flexibility index (Phi) is 2.34. The molecule has 0 saturated heterocycles. The van der Waals surface area contributed by atoms with Gasteiger partial charge in [0.15, 0.2) is 5.60 Å². The van der Waals surface area contributed by atoms with Crippen LogP contribution in [0.15, 0.2) is 30.3 Å². The molecule has 2 unspecified atom stereocenters. The highest BCUT2D eigenvalue weighted by atomic mass is 16.5. The fourth-order valence-corrected chi connectivity index (χ4v) is 2.03. The molecular formula is C13H12O3. The van der Waals surface area contributed by atoms with Gasteiger partial charge >= 0.3 is 0 Å². The Morgan fingerprint density at radius 1 is 1.19 bits per heavy atom. The third-order valence-electron chi connectivity index (χ3n) is 3.29. The predicted molar refractivity (Wildman–Crippen MR) is 58.5 cm³/mol. The first-order valence-electron chi connectivity index (χ1n) is 5.09. The molecule has 0 aliphatic heterocycles. The second-order valence-corrected chi connectivity index (χ2v) is 4.53. The Hall–Kier alpha value is -1.64. The minimum Gasteiger partial charge on any atom is -0.478 e. The molecule has 1 saturated carbocycles. The van der Waals surface area contributed by atoms with Gasteiger partial charge in [0.05, 0.1) is 5.92 Å². The van der Waals surface area contributed by atoms with Crippen LogP contribution in [0.4, 0.5) is 0 Å². The molecule has 3 heteroatoms. The molecule has 16 heavy (non-hydrogen) atoms. The van der Waals surface area contributed by atoms with Gasteiger partial charge in [0.1, 0.15) is 5.75 Å². The van der Waals surface area contributed by atoms with E-state index < -0.39 is 16.9 Å². The van der Waals surface area contributed by atoms with Crippen molar-refractivity contribution in [2.24, 2.45) is 11.3 Å². The second-order valence-electron chi connectivity index (χ2n) is 4.53. The fourth-order valence-electron chi connectivity index (χ4n) is 2.03. The quantitative estimate of drug-likeness (QED) is 0.769. The van der Waals surface area contributed by atoms with Gasteiger partial charge < -0.3 is 4.74 Å². The lowest BCUT2D eigenvalue weighted by molar-refractivity contribution is 0.196. The standard InChI is InChI=1S/C13H12O3/c1-12(2)11(8-14)13(12,9-15)16-10-6-4-3-5-7-10/h3-7,11H,1-2H3. The van der Waals surface area contributed by atoms with E-state index in [1.165, 1.54) is 0 Å². The highest BCUT2D eigenvalue weighted by molar-refractivity contribution is 5.83. The molecule has 1 aromatic carbocycles. The molecule has 0 aromatic heterocycles. The van der Waals surface area contributed by atoms with Crippen LogP contribution in [-0.4, -0.2) is 18.2 Å². The van der Waals surface area contributed by atoms with Gasteiger partial charge in [0, 0.05) is 5.41 Å². The highest BCUT2D eigenvalue weighted by Crippen LogP contribution is 2.61. The number of ether oxygens (including phenoxy) is 1. The summed E-state index contributed by atoms with van der Waals surface area (Å²) in [5, 5.41) is 0. The van der Waals surface area contributed by atoms with E-state index in [-0.39, 0.29) is 0 Å². The first-order valence-corrected chi connectivity index (χ1v) is 5.09. The lowest BCUT2D eigenvalue weighted by atomic mass is 10.1. The average molecular weight is 216 g/mol. The summed E-state index contributed by atoms with van der Waals surface area (Å²) < 4.78 is 5.59. The van der Waals surface area contributed by atoms with Crippen LogP contribution in [0.3, 0.4) is 0 Å². The van der Waals surface area contributed by atoms with Gasteiger partial charge in [-0.1, -0.05) is 32.0 Å². The Morgan fingerprint density at radius 3 is 2.25 bits per heavy atom. The van der Waals surface area contributed by atoms with Crippen molar-refractivity contribution in [3.63, 3.8) is 0 Å². The molecule has 0 amide bonds. The Labute approximate surface area is 94.4 Å². The van der Waals surface area contributed by atoms with E-state index >= 15 is 0 Å². The topological polar surface area (TPSA) is 43.4 Å². The summed E-state index contributed by atoms with van der Waals surface area (Å²) in [6.45, 7) is 3.60. The molecule has 82 valence electrons. The summed E-state index contributed by atoms with van der Waals surface area (Å²) in [5.74, 6) is 0.0226. The van der Waals surface area contributed by atoms with Crippen LogP contribution in [0.25, 0.3) is 0 Å². The van der Waals surface area contributed by atoms with E-state index in [0.717, 1.165) is 0 Å². The zero-order valence-corrected chi connectivity index (χ0v) is 9.19. The number of para-hydroxylation sites is 1. The molecule has 2 rings (SSSR count). The summed E-state index contributed by atoms with van der Waals surface area (Å²) in [5.41, 5.74) is -1.71. The van der Waals surface area contributed by atoms with Crippen LogP contribution in [0.5, 0.6) is 5.75 Å². The van der Waals surface area contributed by atoms with Gasteiger partial charge in [-0.3, -0.25) is 9.59 Å². The van der Waals surface area contributed by atoms with Crippen molar-refractivity contribution in [2.75, 3.05) is 0 Å². The Balaban J connectivity index is 2.27. The molecule has 1 aliphatic rings. The lowest BCUT2D eigenvalue weighted by Gasteiger charge is -2.15. The lowest BCUT2D eigenvalue weighted by Crippen LogP contribution is -2.27. The molecule has 0 N–H and O–H groups in total. The first kappa shape index (κ1) is 10.9. The fraction of sp³-hybridized carbons (Fsp3) is 0.385.